The van der Waals surface area contributed by atoms with E-state index in [4.69, 9.17) is 9.47 Å². The Balaban J connectivity index is 2.25. The highest BCUT2D eigenvalue weighted by Crippen LogP contribution is 2.21. The average molecular weight is 322 g/mol. The van der Waals surface area contributed by atoms with Crippen LogP contribution in [0.4, 0.5) is 9.18 Å². The smallest absolute Gasteiger partial charge is 0.410 e. The molecule has 0 aliphatic rings. The molecule has 23 heavy (non-hydrogen) atoms. The Hall–Kier alpha value is -2.08. The molecule has 2 aromatic rings. The number of amides is 1. The molecule has 0 atom stereocenters. The topological polar surface area (TPSA) is 54.6 Å². The van der Waals surface area contributed by atoms with Gasteiger partial charge >= 0.3 is 6.09 Å². The van der Waals surface area contributed by atoms with Gasteiger partial charge in [-0.1, -0.05) is 0 Å². The molecule has 0 radical (unpaired) electrons. The van der Waals surface area contributed by atoms with E-state index in [0.29, 0.717) is 18.7 Å². The van der Waals surface area contributed by atoms with Crippen LogP contribution in [0.25, 0.3) is 10.9 Å². The lowest BCUT2D eigenvalue weighted by Crippen LogP contribution is -2.38. The zero-order valence-corrected chi connectivity index (χ0v) is 14.0. The first-order valence-electron chi connectivity index (χ1n) is 7.52. The van der Waals surface area contributed by atoms with Gasteiger partial charge in [-0.15, -0.1) is 0 Å². The van der Waals surface area contributed by atoms with E-state index < -0.39 is 11.7 Å². The van der Waals surface area contributed by atoms with Crippen molar-refractivity contribution >= 4 is 17.0 Å². The Labute approximate surface area is 135 Å². The van der Waals surface area contributed by atoms with Crippen LogP contribution in [-0.2, 0) is 16.0 Å². The van der Waals surface area contributed by atoms with E-state index in [0.717, 1.165) is 10.9 Å². The highest BCUT2D eigenvalue weighted by Gasteiger charge is 2.23. The van der Waals surface area contributed by atoms with Gasteiger partial charge in [0.1, 0.15) is 11.4 Å². The zero-order valence-electron chi connectivity index (χ0n) is 14.0. The minimum atomic E-state index is -0.591. The maximum Gasteiger partial charge on any atom is 0.410 e. The fourth-order valence-corrected chi connectivity index (χ4v) is 2.30. The Kier molecular flexibility index (Phi) is 5.26. The second-order valence-electron chi connectivity index (χ2n) is 6.40. The number of aromatic amines is 1. The lowest BCUT2D eigenvalue weighted by atomic mass is 10.1. The lowest BCUT2D eigenvalue weighted by Gasteiger charge is -2.27. The van der Waals surface area contributed by atoms with Crippen LogP contribution in [0.1, 0.15) is 26.3 Å². The predicted octanol–water partition coefficient (Wildman–Crippen LogP) is 3.69. The molecule has 1 N–H and O–H groups in total. The SMILES string of the molecule is COCCN(Cc1cc(F)cc2cc[nH]c12)C(=O)OC(C)(C)C. The fraction of sp³-hybridized carbons (Fsp3) is 0.471. The average Bonchev–Trinajstić information content (AvgIpc) is 2.89. The van der Waals surface area contributed by atoms with Gasteiger partial charge in [-0.2, -0.15) is 0 Å². The second-order valence-corrected chi connectivity index (χ2v) is 6.40. The highest BCUT2D eigenvalue weighted by atomic mass is 19.1. The third-order valence-corrected chi connectivity index (χ3v) is 3.28. The van der Waals surface area contributed by atoms with Crippen LogP contribution in [0, 0.1) is 5.82 Å². The molecule has 126 valence electrons. The molecule has 0 spiro atoms. The van der Waals surface area contributed by atoms with E-state index in [9.17, 15) is 9.18 Å². The number of ether oxygens (including phenoxy) is 2. The maximum atomic E-state index is 13.8. The first-order valence-corrected chi connectivity index (χ1v) is 7.52. The standard InChI is InChI=1S/C17H23FN2O3/c1-17(2,3)23-16(21)20(7-8-22-4)11-13-10-14(18)9-12-5-6-19-15(12)13/h5-6,9-10,19H,7-8,11H2,1-4H3. The summed E-state index contributed by atoms with van der Waals surface area (Å²) < 4.78 is 24.3. The highest BCUT2D eigenvalue weighted by molar-refractivity contribution is 5.83. The molecule has 0 fully saturated rings. The van der Waals surface area contributed by atoms with Crippen molar-refractivity contribution in [1.82, 2.24) is 9.88 Å². The first kappa shape index (κ1) is 17.3. The van der Waals surface area contributed by atoms with Crippen LogP contribution < -0.4 is 0 Å². The van der Waals surface area contributed by atoms with E-state index >= 15 is 0 Å². The van der Waals surface area contributed by atoms with E-state index in [2.05, 4.69) is 4.98 Å². The van der Waals surface area contributed by atoms with Gasteiger partial charge in [-0.25, -0.2) is 9.18 Å². The molecular formula is C17H23FN2O3. The molecule has 0 unspecified atom stereocenters. The van der Waals surface area contributed by atoms with Crippen molar-refractivity contribution in [3.8, 4) is 0 Å². The molecule has 2 rings (SSSR count). The van der Waals surface area contributed by atoms with Crippen molar-refractivity contribution < 1.29 is 18.7 Å². The Morgan fingerprint density at radius 3 is 2.74 bits per heavy atom. The normalized spacial score (nSPS) is 11.7. The van der Waals surface area contributed by atoms with Gasteiger partial charge in [0.05, 0.1) is 18.7 Å². The Morgan fingerprint density at radius 1 is 1.35 bits per heavy atom. The van der Waals surface area contributed by atoms with Crippen LogP contribution in [0.2, 0.25) is 0 Å². The zero-order chi connectivity index (χ0) is 17.0. The Bertz CT molecular complexity index is 676. The number of hydrogen-bond acceptors (Lipinski definition) is 3. The molecule has 1 aromatic carbocycles. The number of benzene rings is 1. The number of methoxy groups -OCH3 is 1. The van der Waals surface area contributed by atoms with E-state index in [1.54, 1.807) is 19.4 Å². The number of carbonyl (C=O) groups excluding carboxylic acids is 1. The number of fused-ring (bicyclic) bond motifs is 1. The number of halogens is 1. The molecule has 0 aliphatic carbocycles. The minimum Gasteiger partial charge on any atom is -0.444 e. The summed E-state index contributed by atoms with van der Waals surface area (Å²) in [6, 6.07) is 4.69. The van der Waals surface area contributed by atoms with E-state index in [1.807, 2.05) is 20.8 Å². The number of H-pyrrole nitrogens is 1. The summed E-state index contributed by atoms with van der Waals surface area (Å²) in [4.78, 5) is 17.0. The van der Waals surface area contributed by atoms with E-state index in [1.165, 1.54) is 17.0 Å². The summed E-state index contributed by atoms with van der Waals surface area (Å²) in [5.74, 6) is -0.331. The van der Waals surface area contributed by atoms with Crippen molar-refractivity contribution in [2.24, 2.45) is 0 Å². The van der Waals surface area contributed by atoms with Gasteiger partial charge in [0, 0.05) is 25.2 Å². The van der Waals surface area contributed by atoms with Gasteiger partial charge in [0.25, 0.3) is 0 Å². The molecule has 1 aromatic heterocycles. The quantitative estimate of drug-likeness (QED) is 0.913. The van der Waals surface area contributed by atoms with Crippen LogP contribution in [-0.4, -0.2) is 41.8 Å². The van der Waals surface area contributed by atoms with Gasteiger partial charge in [-0.05, 0) is 44.5 Å². The van der Waals surface area contributed by atoms with Crippen molar-refractivity contribution in [2.75, 3.05) is 20.3 Å². The molecule has 0 saturated carbocycles. The Morgan fingerprint density at radius 2 is 2.09 bits per heavy atom. The van der Waals surface area contributed by atoms with Crippen LogP contribution in [0.5, 0.6) is 0 Å². The van der Waals surface area contributed by atoms with Crippen LogP contribution in [0.3, 0.4) is 0 Å². The molecule has 0 aliphatic heterocycles. The number of rotatable bonds is 5. The number of hydrogen-bond donors (Lipinski definition) is 1. The second kappa shape index (κ2) is 7.00. The molecule has 1 amide bonds. The number of aromatic nitrogens is 1. The molecule has 0 bridgehead atoms. The van der Waals surface area contributed by atoms with E-state index in [-0.39, 0.29) is 12.4 Å². The van der Waals surface area contributed by atoms with Crippen molar-refractivity contribution in [3.63, 3.8) is 0 Å². The molecule has 5 nitrogen and oxygen atoms in total. The van der Waals surface area contributed by atoms with Gasteiger partial charge in [-0.3, -0.25) is 0 Å². The van der Waals surface area contributed by atoms with Crippen LogP contribution in [0.15, 0.2) is 24.4 Å². The summed E-state index contributed by atoms with van der Waals surface area (Å²) >= 11 is 0. The third kappa shape index (κ3) is 4.69. The van der Waals surface area contributed by atoms with Gasteiger partial charge in [0.15, 0.2) is 0 Å². The summed E-state index contributed by atoms with van der Waals surface area (Å²) in [6.45, 7) is 6.42. The third-order valence-electron chi connectivity index (χ3n) is 3.28. The largest absolute Gasteiger partial charge is 0.444 e. The number of carbonyl (C=O) groups is 1. The first-order chi connectivity index (χ1) is 10.8. The predicted molar refractivity (Wildman–Crippen MR) is 86.8 cm³/mol. The molecule has 1 heterocycles. The van der Waals surface area contributed by atoms with Crippen molar-refractivity contribution in [3.05, 3.63) is 35.8 Å². The number of nitrogens with one attached hydrogen (secondary N) is 1. The summed E-state index contributed by atoms with van der Waals surface area (Å²) in [5.41, 5.74) is 0.927. The van der Waals surface area contributed by atoms with Gasteiger partial charge in [0.2, 0.25) is 0 Å². The molecule has 0 saturated heterocycles. The van der Waals surface area contributed by atoms with Gasteiger partial charge < -0.3 is 19.4 Å². The molecule has 6 heteroatoms. The number of nitrogens with zero attached hydrogens (tertiary/aromatic N) is 1. The maximum absolute atomic E-state index is 13.8. The lowest BCUT2D eigenvalue weighted by molar-refractivity contribution is 0.0184. The summed E-state index contributed by atoms with van der Waals surface area (Å²) in [5, 5.41) is 0.774. The van der Waals surface area contributed by atoms with Crippen LogP contribution >= 0.6 is 0 Å². The molecular weight excluding hydrogens is 299 g/mol. The minimum absolute atomic E-state index is 0.243. The van der Waals surface area contributed by atoms with Crippen molar-refractivity contribution in [1.29, 1.82) is 0 Å². The van der Waals surface area contributed by atoms with Crippen molar-refractivity contribution in [2.45, 2.75) is 32.9 Å². The summed E-state index contributed by atoms with van der Waals surface area (Å²) in [6.07, 6.45) is 1.30. The fourth-order valence-electron chi connectivity index (χ4n) is 2.30. The monoisotopic (exact) mass is 322 g/mol. The summed E-state index contributed by atoms with van der Waals surface area (Å²) in [7, 11) is 1.57.